The molecule has 5 rings (SSSR count). The van der Waals surface area contributed by atoms with Crippen molar-refractivity contribution in [2.45, 2.75) is 13.3 Å². The number of benzene rings is 1. The molecule has 4 aromatic rings. The number of H-pyrrole nitrogens is 1. The minimum absolute atomic E-state index is 0.0545. The SMILES string of the molecule is C=C(C)COc1ccnc(-c2ccnc(Cc3ccc4[nH]c(C(=O)N5CCN(C)CC5)cc4c3)n2)c1. The molecule has 1 amide bonds. The van der Waals surface area contributed by atoms with E-state index < -0.39 is 0 Å². The van der Waals surface area contributed by atoms with E-state index in [-0.39, 0.29) is 5.91 Å². The minimum Gasteiger partial charge on any atom is -0.489 e. The lowest BCUT2D eigenvalue weighted by molar-refractivity contribution is 0.0659. The summed E-state index contributed by atoms with van der Waals surface area (Å²) in [7, 11) is 2.08. The molecule has 184 valence electrons. The summed E-state index contributed by atoms with van der Waals surface area (Å²) in [6.07, 6.45) is 4.04. The second-order valence-corrected chi connectivity index (χ2v) is 9.36. The molecule has 1 fully saturated rings. The van der Waals surface area contributed by atoms with E-state index in [4.69, 9.17) is 9.72 Å². The fourth-order valence-electron chi connectivity index (χ4n) is 4.24. The van der Waals surface area contributed by atoms with Crippen LogP contribution in [-0.2, 0) is 6.42 Å². The lowest BCUT2D eigenvalue weighted by Crippen LogP contribution is -2.47. The highest BCUT2D eigenvalue weighted by Crippen LogP contribution is 2.22. The number of aromatic nitrogens is 4. The third-order valence-electron chi connectivity index (χ3n) is 6.25. The van der Waals surface area contributed by atoms with Gasteiger partial charge in [0.2, 0.25) is 0 Å². The molecule has 1 N–H and O–H groups in total. The number of aromatic amines is 1. The summed E-state index contributed by atoms with van der Waals surface area (Å²) in [5.41, 5.74) is 5.07. The first-order chi connectivity index (χ1) is 17.4. The fraction of sp³-hybridized carbons (Fsp3) is 0.286. The summed E-state index contributed by atoms with van der Waals surface area (Å²) < 4.78 is 5.74. The molecular formula is C28H30N6O2. The van der Waals surface area contributed by atoms with Gasteiger partial charge in [0.25, 0.3) is 5.91 Å². The summed E-state index contributed by atoms with van der Waals surface area (Å²) in [6, 6.07) is 13.6. The number of nitrogens with one attached hydrogen (secondary N) is 1. The second-order valence-electron chi connectivity index (χ2n) is 9.36. The Bertz CT molecular complexity index is 1400. The quantitative estimate of drug-likeness (QED) is 0.402. The van der Waals surface area contributed by atoms with E-state index in [0.29, 0.717) is 24.5 Å². The average molecular weight is 483 g/mol. The van der Waals surface area contributed by atoms with Gasteiger partial charge in [-0.25, -0.2) is 9.97 Å². The molecule has 1 aliphatic heterocycles. The molecule has 0 bridgehead atoms. The van der Waals surface area contributed by atoms with Crippen LogP contribution in [0.3, 0.4) is 0 Å². The normalized spacial score (nSPS) is 14.2. The van der Waals surface area contributed by atoms with Gasteiger partial charge in [-0.15, -0.1) is 0 Å². The number of piperazine rings is 1. The molecule has 4 heterocycles. The van der Waals surface area contributed by atoms with Crippen molar-refractivity contribution in [2.75, 3.05) is 39.8 Å². The molecule has 0 atom stereocenters. The van der Waals surface area contributed by atoms with E-state index in [1.54, 1.807) is 12.4 Å². The first kappa shape index (κ1) is 23.7. The van der Waals surface area contributed by atoms with E-state index in [2.05, 4.69) is 39.5 Å². The van der Waals surface area contributed by atoms with E-state index in [0.717, 1.165) is 65.4 Å². The summed E-state index contributed by atoms with van der Waals surface area (Å²) in [6.45, 7) is 9.56. The number of pyridine rings is 1. The van der Waals surface area contributed by atoms with Crippen LogP contribution in [0.2, 0.25) is 0 Å². The molecule has 0 radical (unpaired) electrons. The van der Waals surface area contributed by atoms with Crippen LogP contribution < -0.4 is 4.74 Å². The maximum atomic E-state index is 13.0. The van der Waals surface area contributed by atoms with Gasteiger partial charge in [0.15, 0.2) is 0 Å². The molecule has 1 aromatic carbocycles. The third-order valence-corrected chi connectivity index (χ3v) is 6.25. The maximum absolute atomic E-state index is 13.0. The van der Waals surface area contributed by atoms with Gasteiger partial charge in [0.1, 0.15) is 23.9 Å². The molecule has 0 spiro atoms. The third kappa shape index (κ3) is 5.44. The zero-order valence-electron chi connectivity index (χ0n) is 20.7. The summed E-state index contributed by atoms with van der Waals surface area (Å²) in [4.78, 5) is 34.1. The Morgan fingerprint density at radius 1 is 1.03 bits per heavy atom. The predicted molar refractivity (Wildman–Crippen MR) is 140 cm³/mol. The Hall–Kier alpha value is -4.04. The largest absolute Gasteiger partial charge is 0.489 e. The van der Waals surface area contributed by atoms with Crippen molar-refractivity contribution < 1.29 is 9.53 Å². The van der Waals surface area contributed by atoms with Crippen LogP contribution in [0.15, 0.2) is 67.0 Å². The van der Waals surface area contributed by atoms with E-state index in [1.807, 2.05) is 48.2 Å². The van der Waals surface area contributed by atoms with Gasteiger partial charge in [0.05, 0.1) is 11.4 Å². The maximum Gasteiger partial charge on any atom is 0.270 e. The topological polar surface area (TPSA) is 87.2 Å². The highest BCUT2D eigenvalue weighted by molar-refractivity contribution is 5.98. The van der Waals surface area contributed by atoms with E-state index in [9.17, 15) is 4.79 Å². The highest BCUT2D eigenvalue weighted by Gasteiger charge is 2.21. The van der Waals surface area contributed by atoms with Gasteiger partial charge < -0.3 is 19.5 Å². The van der Waals surface area contributed by atoms with Gasteiger partial charge in [-0.3, -0.25) is 9.78 Å². The molecule has 8 nitrogen and oxygen atoms in total. The molecule has 8 heteroatoms. The van der Waals surface area contributed by atoms with Gasteiger partial charge in [-0.1, -0.05) is 12.6 Å². The first-order valence-corrected chi connectivity index (χ1v) is 12.1. The number of carbonyl (C=O) groups excluding carboxylic acids is 1. The highest BCUT2D eigenvalue weighted by atomic mass is 16.5. The van der Waals surface area contributed by atoms with Crippen molar-refractivity contribution in [3.8, 4) is 17.1 Å². The number of amides is 1. The van der Waals surface area contributed by atoms with Crippen molar-refractivity contribution in [2.24, 2.45) is 0 Å². The van der Waals surface area contributed by atoms with E-state index in [1.165, 1.54) is 0 Å². The standard InChI is InChI=1S/C28H30N6O2/c1-19(2)18-36-22-6-8-29-25(17-22)24-7-9-30-27(32-24)15-20-4-5-23-21(14-20)16-26(31-23)28(35)34-12-10-33(3)11-13-34/h4-9,14,16-17,31H,1,10-13,15,18H2,2-3H3. The number of ether oxygens (including phenoxy) is 1. The van der Waals surface area contributed by atoms with Gasteiger partial charge in [0, 0.05) is 62.0 Å². The van der Waals surface area contributed by atoms with Crippen molar-refractivity contribution in [1.29, 1.82) is 0 Å². The van der Waals surface area contributed by atoms with Crippen LogP contribution in [0.25, 0.3) is 22.3 Å². The number of likely N-dealkylation sites (N-methyl/N-ethyl adjacent to an activating group) is 1. The average Bonchev–Trinajstić information content (AvgIpc) is 3.31. The van der Waals surface area contributed by atoms with Crippen LogP contribution in [0, 0.1) is 0 Å². The Morgan fingerprint density at radius 3 is 2.64 bits per heavy atom. The Morgan fingerprint density at radius 2 is 1.83 bits per heavy atom. The molecule has 0 aliphatic carbocycles. The Kier molecular flexibility index (Phi) is 6.77. The van der Waals surface area contributed by atoms with Gasteiger partial charge in [-0.2, -0.15) is 0 Å². The van der Waals surface area contributed by atoms with Crippen LogP contribution in [0.5, 0.6) is 5.75 Å². The minimum atomic E-state index is 0.0545. The van der Waals surface area contributed by atoms with Crippen molar-refractivity contribution in [1.82, 2.24) is 29.7 Å². The van der Waals surface area contributed by atoms with Gasteiger partial charge >= 0.3 is 0 Å². The number of rotatable bonds is 7. The number of hydrogen-bond acceptors (Lipinski definition) is 6. The zero-order valence-corrected chi connectivity index (χ0v) is 20.7. The molecule has 1 aliphatic rings. The number of carbonyl (C=O) groups is 1. The fourth-order valence-corrected chi connectivity index (χ4v) is 4.24. The molecule has 3 aromatic heterocycles. The lowest BCUT2D eigenvalue weighted by atomic mass is 10.1. The van der Waals surface area contributed by atoms with Crippen molar-refractivity contribution in [3.05, 3.63) is 84.1 Å². The molecule has 0 saturated carbocycles. The van der Waals surface area contributed by atoms with Crippen LogP contribution in [-0.4, -0.2) is 75.5 Å². The molecule has 36 heavy (non-hydrogen) atoms. The summed E-state index contributed by atoms with van der Waals surface area (Å²) in [5, 5.41) is 1.00. The summed E-state index contributed by atoms with van der Waals surface area (Å²) in [5.74, 6) is 1.48. The monoisotopic (exact) mass is 482 g/mol. The Balaban J connectivity index is 1.32. The first-order valence-electron chi connectivity index (χ1n) is 12.1. The number of hydrogen-bond donors (Lipinski definition) is 1. The summed E-state index contributed by atoms with van der Waals surface area (Å²) >= 11 is 0. The van der Waals surface area contributed by atoms with Crippen LogP contribution in [0.4, 0.5) is 0 Å². The smallest absolute Gasteiger partial charge is 0.270 e. The lowest BCUT2D eigenvalue weighted by Gasteiger charge is -2.32. The number of fused-ring (bicyclic) bond motifs is 1. The Labute approximate surface area is 210 Å². The van der Waals surface area contributed by atoms with Gasteiger partial charge in [-0.05, 0) is 55.4 Å². The van der Waals surface area contributed by atoms with Crippen LogP contribution >= 0.6 is 0 Å². The number of nitrogens with zero attached hydrogens (tertiary/aromatic N) is 5. The molecule has 1 saturated heterocycles. The molecule has 0 unspecified atom stereocenters. The van der Waals surface area contributed by atoms with Crippen LogP contribution in [0.1, 0.15) is 28.8 Å². The molecular weight excluding hydrogens is 452 g/mol. The predicted octanol–water partition coefficient (Wildman–Crippen LogP) is 3.95. The second kappa shape index (κ2) is 10.3. The van der Waals surface area contributed by atoms with Crippen molar-refractivity contribution in [3.63, 3.8) is 0 Å². The van der Waals surface area contributed by atoms with Crippen molar-refractivity contribution >= 4 is 16.8 Å². The zero-order chi connectivity index (χ0) is 25.1. The van der Waals surface area contributed by atoms with E-state index >= 15 is 0 Å².